The highest BCUT2D eigenvalue weighted by Gasteiger charge is 2.10. The van der Waals surface area contributed by atoms with Crippen molar-refractivity contribution >= 4 is 34.2 Å². The van der Waals surface area contributed by atoms with Gasteiger partial charge in [-0.3, -0.25) is 0 Å². The fraction of sp³-hybridized carbons (Fsp3) is 0. The van der Waals surface area contributed by atoms with E-state index < -0.39 is 5.63 Å². The summed E-state index contributed by atoms with van der Waals surface area (Å²) in [6.45, 7) is 0. The van der Waals surface area contributed by atoms with Crippen LogP contribution >= 0.6 is 23.2 Å². The molecule has 0 aliphatic heterocycles. The van der Waals surface area contributed by atoms with Crippen molar-refractivity contribution in [1.82, 2.24) is 0 Å². The van der Waals surface area contributed by atoms with Crippen molar-refractivity contribution in [3.63, 3.8) is 0 Å². The summed E-state index contributed by atoms with van der Waals surface area (Å²) in [4.78, 5) is 11.1. The lowest BCUT2D eigenvalue weighted by molar-refractivity contribution is 0.473. The first kappa shape index (κ1) is 9.37. The van der Waals surface area contributed by atoms with Gasteiger partial charge in [-0.05, 0) is 12.1 Å². The van der Waals surface area contributed by atoms with Gasteiger partial charge >= 0.3 is 5.63 Å². The molecular formula is C9H4Cl2O3. The summed E-state index contributed by atoms with van der Waals surface area (Å²) in [7, 11) is 0. The highest BCUT2D eigenvalue weighted by molar-refractivity contribution is 6.44. The van der Waals surface area contributed by atoms with Gasteiger partial charge in [0, 0.05) is 11.5 Å². The Kier molecular flexibility index (Phi) is 2.13. The van der Waals surface area contributed by atoms with Crippen LogP contribution in [0.15, 0.2) is 27.4 Å². The van der Waals surface area contributed by atoms with Gasteiger partial charge in [-0.15, -0.1) is 0 Å². The van der Waals surface area contributed by atoms with Crippen LogP contribution in [0.2, 0.25) is 10.0 Å². The molecule has 0 amide bonds. The molecule has 0 bridgehead atoms. The minimum absolute atomic E-state index is 0.000890. The van der Waals surface area contributed by atoms with Gasteiger partial charge < -0.3 is 9.52 Å². The average molecular weight is 231 g/mol. The summed E-state index contributed by atoms with van der Waals surface area (Å²) in [6.07, 6.45) is 0. The van der Waals surface area contributed by atoms with Crippen LogP contribution in [0.3, 0.4) is 0 Å². The highest BCUT2D eigenvalue weighted by Crippen LogP contribution is 2.29. The van der Waals surface area contributed by atoms with Gasteiger partial charge in [0.05, 0.1) is 5.02 Å². The van der Waals surface area contributed by atoms with Gasteiger partial charge in [0.25, 0.3) is 0 Å². The molecule has 0 saturated heterocycles. The number of rotatable bonds is 0. The molecule has 1 heterocycles. The van der Waals surface area contributed by atoms with E-state index in [4.69, 9.17) is 32.7 Å². The summed E-state index contributed by atoms with van der Waals surface area (Å²) in [5.74, 6) is -0.000890. The molecule has 14 heavy (non-hydrogen) atoms. The third-order valence-corrected chi connectivity index (χ3v) is 2.61. The van der Waals surface area contributed by atoms with Gasteiger partial charge in [0.15, 0.2) is 0 Å². The Labute approximate surface area is 88.5 Å². The second kappa shape index (κ2) is 3.19. The third kappa shape index (κ3) is 1.35. The van der Waals surface area contributed by atoms with E-state index in [0.29, 0.717) is 5.39 Å². The molecular weight excluding hydrogens is 227 g/mol. The minimum atomic E-state index is -0.713. The van der Waals surface area contributed by atoms with E-state index in [1.54, 1.807) is 0 Å². The number of phenolic OH excluding ortho intramolecular Hbond substituents is 1. The average Bonchev–Trinajstić information content (AvgIpc) is 2.14. The second-order valence-corrected chi connectivity index (χ2v) is 3.45. The maximum Gasteiger partial charge on any atom is 0.356 e. The van der Waals surface area contributed by atoms with Crippen molar-refractivity contribution in [1.29, 1.82) is 0 Å². The van der Waals surface area contributed by atoms with Crippen LogP contribution in [0.5, 0.6) is 5.75 Å². The first-order chi connectivity index (χ1) is 6.59. The number of fused-ring (bicyclic) bond motifs is 1. The monoisotopic (exact) mass is 230 g/mol. The van der Waals surface area contributed by atoms with Crippen molar-refractivity contribution in [3.05, 3.63) is 38.7 Å². The molecule has 1 aromatic heterocycles. The molecule has 2 rings (SSSR count). The standard InChI is InChI=1S/C9H4Cl2O3/c10-7-5-2-1-4(12)3-6(5)14-9(13)8(7)11/h1-3,12H. The molecule has 72 valence electrons. The van der Waals surface area contributed by atoms with E-state index in [1.165, 1.54) is 18.2 Å². The molecule has 2 aromatic rings. The van der Waals surface area contributed by atoms with Crippen molar-refractivity contribution in [2.24, 2.45) is 0 Å². The molecule has 0 unspecified atom stereocenters. The van der Waals surface area contributed by atoms with Crippen LogP contribution in [-0.4, -0.2) is 5.11 Å². The Morgan fingerprint density at radius 2 is 1.93 bits per heavy atom. The highest BCUT2D eigenvalue weighted by atomic mass is 35.5. The maximum atomic E-state index is 11.1. The Balaban J connectivity index is 2.98. The van der Waals surface area contributed by atoms with Crippen LogP contribution in [0.25, 0.3) is 11.0 Å². The molecule has 0 aliphatic carbocycles. The van der Waals surface area contributed by atoms with Gasteiger partial charge in [0.1, 0.15) is 16.4 Å². The SMILES string of the molecule is O=c1oc2cc(O)ccc2c(Cl)c1Cl. The second-order valence-electron chi connectivity index (χ2n) is 2.70. The number of hydrogen-bond acceptors (Lipinski definition) is 3. The molecule has 0 aliphatic rings. The van der Waals surface area contributed by atoms with Gasteiger partial charge in [-0.25, -0.2) is 4.79 Å². The predicted molar refractivity (Wildman–Crippen MR) is 54.2 cm³/mol. The van der Waals surface area contributed by atoms with Crippen LogP contribution in [-0.2, 0) is 0 Å². The van der Waals surface area contributed by atoms with E-state index in [9.17, 15) is 4.79 Å². The van der Waals surface area contributed by atoms with Gasteiger partial charge in [0.2, 0.25) is 0 Å². The van der Waals surface area contributed by atoms with Crippen LogP contribution < -0.4 is 5.63 Å². The summed E-state index contributed by atoms with van der Waals surface area (Å²) in [5, 5.41) is 9.63. The lowest BCUT2D eigenvalue weighted by Crippen LogP contribution is -1.99. The van der Waals surface area contributed by atoms with Crippen LogP contribution in [0, 0.1) is 0 Å². The Morgan fingerprint density at radius 3 is 2.64 bits per heavy atom. The largest absolute Gasteiger partial charge is 0.508 e. The van der Waals surface area contributed by atoms with Crippen molar-refractivity contribution in [3.8, 4) is 5.75 Å². The number of halogens is 2. The molecule has 0 spiro atoms. The lowest BCUT2D eigenvalue weighted by Gasteiger charge is -2.00. The zero-order valence-corrected chi connectivity index (χ0v) is 8.26. The van der Waals surface area contributed by atoms with Gasteiger partial charge in [-0.1, -0.05) is 23.2 Å². The molecule has 1 aromatic carbocycles. The van der Waals surface area contributed by atoms with E-state index in [0.717, 1.165) is 0 Å². The van der Waals surface area contributed by atoms with Crippen molar-refractivity contribution in [2.75, 3.05) is 0 Å². The van der Waals surface area contributed by atoms with Crippen LogP contribution in [0.1, 0.15) is 0 Å². The van der Waals surface area contributed by atoms with E-state index in [2.05, 4.69) is 0 Å². The number of benzene rings is 1. The maximum absolute atomic E-state index is 11.1. The molecule has 0 atom stereocenters. The van der Waals surface area contributed by atoms with E-state index in [1.807, 2.05) is 0 Å². The zero-order valence-electron chi connectivity index (χ0n) is 6.75. The van der Waals surface area contributed by atoms with E-state index >= 15 is 0 Å². The summed E-state index contributed by atoms with van der Waals surface area (Å²) < 4.78 is 4.82. The normalized spacial score (nSPS) is 10.7. The predicted octanol–water partition coefficient (Wildman–Crippen LogP) is 2.81. The molecule has 5 heteroatoms. The Morgan fingerprint density at radius 1 is 1.21 bits per heavy atom. The molecule has 0 saturated carbocycles. The first-order valence-electron chi connectivity index (χ1n) is 3.70. The quantitative estimate of drug-likeness (QED) is 0.709. The minimum Gasteiger partial charge on any atom is -0.508 e. The van der Waals surface area contributed by atoms with Crippen LogP contribution in [0.4, 0.5) is 0 Å². The Hall–Kier alpha value is -1.19. The fourth-order valence-electron chi connectivity index (χ4n) is 1.13. The summed E-state index contributed by atoms with van der Waals surface area (Å²) >= 11 is 11.4. The smallest absolute Gasteiger partial charge is 0.356 e. The Bertz CT molecular complexity index is 560. The van der Waals surface area contributed by atoms with E-state index in [-0.39, 0.29) is 21.4 Å². The molecule has 3 nitrogen and oxygen atoms in total. The summed E-state index contributed by atoms with van der Waals surface area (Å²) in [6, 6.07) is 4.27. The number of phenols is 1. The first-order valence-corrected chi connectivity index (χ1v) is 4.46. The fourth-order valence-corrected chi connectivity index (χ4v) is 1.50. The number of hydrogen-bond donors (Lipinski definition) is 1. The van der Waals surface area contributed by atoms with Crippen molar-refractivity contribution < 1.29 is 9.52 Å². The zero-order chi connectivity index (χ0) is 10.3. The van der Waals surface area contributed by atoms with Crippen molar-refractivity contribution in [2.45, 2.75) is 0 Å². The van der Waals surface area contributed by atoms with Gasteiger partial charge in [-0.2, -0.15) is 0 Å². The molecule has 0 radical (unpaired) electrons. The molecule has 1 N–H and O–H groups in total. The lowest BCUT2D eigenvalue weighted by atomic mass is 10.2. The topological polar surface area (TPSA) is 50.4 Å². The summed E-state index contributed by atoms with van der Waals surface area (Å²) in [5.41, 5.74) is -0.501. The number of aromatic hydroxyl groups is 1. The molecule has 0 fully saturated rings. The third-order valence-electron chi connectivity index (χ3n) is 1.78.